The maximum Gasteiger partial charge on any atom is 0.167 e. The van der Waals surface area contributed by atoms with E-state index in [0.717, 1.165) is 31.9 Å². The molecule has 1 aliphatic heterocycles. The summed E-state index contributed by atoms with van der Waals surface area (Å²) in [4.78, 5) is 2.26. The van der Waals surface area contributed by atoms with Crippen molar-refractivity contribution in [2.45, 2.75) is 27.2 Å². The number of nitrogens with one attached hydrogen (secondary N) is 1. The van der Waals surface area contributed by atoms with Crippen LogP contribution in [0.4, 0.5) is 10.1 Å². The van der Waals surface area contributed by atoms with Gasteiger partial charge < -0.3 is 15.0 Å². The average molecular weight is 294 g/mol. The number of anilines is 1. The summed E-state index contributed by atoms with van der Waals surface area (Å²) in [7, 11) is 0. The summed E-state index contributed by atoms with van der Waals surface area (Å²) in [5.74, 6) is 1.41. The van der Waals surface area contributed by atoms with Gasteiger partial charge in [-0.25, -0.2) is 4.39 Å². The van der Waals surface area contributed by atoms with Gasteiger partial charge in [0.05, 0.1) is 6.61 Å². The molecule has 3 nitrogen and oxygen atoms in total. The fourth-order valence-corrected chi connectivity index (χ4v) is 2.77. The summed E-state index contributed by atoms with van der Waals surface area (Å²) in [6.45, 7) is 10.9. The van der Waals surface area contributed by atoms with Gasteiger partial charge >= 0.3 is 0 Å². The SMILES string of the molecule is CCOc1ccc(N2CCC(CNCC(C)C)C2)cc1F. The van der Waals surface area contributed by atoms with Gasteiger partial charge in [0.15, 0.2) is 11.6 Å². The molecule has 1 atom stereocenters. The van der Waals surface area contributed by atoms with E-state index in [4.69, 9.17) is 4.74 Å². The summed E-state index contributed by atoms with van der Waals surface area (Å²) in [6.07, 6.45) is 1.17. The van der Waals surface area contributed by atoms with Crippen molar-refractivity contribution in [2.75, 3.05) is 37.7 Å². The molecule has 0 amide bonds. The Kier molecular flexibility index (Phi) is 5.85. The van der Waals surface area contributed by atoms with Crippen LogP contribution in [0.15, 0.2) is 18.2 Å². The van der Waals surface area contributed by atoms with Crippen LogP contribution in [-0.4, -0.2) is 32.8 Å². The summed E-state index contributed by atoms with van der Waals surface area (Å²) >= 11 is 0. The molecule has 1 aromatic carbocycles. The van der Waals surface area contributed by atoms with Crippen molar-refractivity contribution in [1.29, 1.82) is 0 Å². The molecule has 2 rings (SSSR count). The number of rotatable bonds is 7. The molecule has 4 heteroatoms. The molecule has 0 bridgehead atoms. The molecule has 0 spiro atoms. The van der Waals surface area contributed by atoms with Crippen molar-refractivity contribution in [1.82, 2.24) is 5.32 Å². The Morgan fingerprint density at radius 2 is 2.24 bits per heavy atom. The zero-order chi connectivity index (χ0) is 15.2. The van der Waals surface area contributed by atoms with E-state index in [1.165, 1.54) is 6.42 Å². The van der Waals surface area contributed by atoms with Gasteiger partial charge in [0.2, 0.25) is 0 Å². The standard InChI is InChI=1S/C17H27FN2O/c1-4-21-17-6-5-15(9-16(17)18)20-8-7-14(12-20)11-19-10-13(2)3/h5-6,9,13-14,19H,4,7-8,10-12H2,1-3H3. The fourth-order valence-electron chi connectivity index (χ4n) is 2.77. The third-order valence-corrected chi connectivity index (χ3v) is 3.85. The van der Waals surface area contributed by atoms with Crippen molar-refractivity contribution >= 4 is 5.69 Å². The monoisotopic (exact) mass is 294 g/mol. The highest BCUT2D eigenvalue weighted by molar-refractivity contribution is 5.50. The van der Waals surface area contributed by atoms with Crippen molar-refractivity contribution < 1.29 is 9.13 Å². The van der Waals surface area contributed by atoms with Crippen molar-refractivity contribution in [3.63, 3.8) is 0 Å². The molecule has 21 heavy (non-hydrogen) atoms. The van der Waals surface area contributed by atoms with Gasteiger partial charge in [0.1, 0.15) is 0 Å². The van der Waals surface area contributed by atoms with Gasteiger partial charge in [-0.2, -0.15) is 0 Å². The topological polar surface area (TPSA) is 24.5 Å². The number of benzene rings is 1. The molecule has 1 unspecified atom stereocenters. The third kappa shape index (κ3) is 4.60. The lowest BCUT2D eigenvalue weighted by Crippen LogP contribution is -2.28. The predicted octanol–water partition coefficient (Wildman–Crippen LogP) is 3.30. The van der Waals surface area contributed by atoms with Gasteiger partial charge in [-0.15, -0.1) is 0 Å². The van der Waals surface area contributed by atoms with Crippen LogP contribution >= 0.6 is 0 Å². The van der Waals surface area contributed by atoms with Crippen molar-refractivity contribution in [3.05, 3.63) is 24.0 Å². The maximum atomic E-state index is 13.9. The van der Waals surface area contributed by atoms with E-state index in [-0.39, 0.29) is 5.82 Å². The van der Waals surface area contributed by atoms with Gasteiger partial charge in [0, 0.05) is 24.8 Å². The molecule has 1 heterocycles. The first kappa shape index (κ1) is 16.1. The quantitative estimate of drug-likeness (QED) is 0.835. The molecule has 1 saturated heterocycles. The Balaban J connectivity index is 1.87. The van der Waals surface area contributed by atoms with Crippen LogP contribution in [-0.2, 0) is 0 Å². The zero-order valence-corrected chi connectivity index (χ0v) is 13.4. The van der Waals surface area contributed by atoms with E-state index >= 15 is 0 Å². The number of nitrogens with zero attached hydrogens (tertiary/aromatic N) is 1. The number of hydrogen-bond donors (Lipinski definition) is 1. The molecule has 0 aliphatic carbocycles. The van der Waals surface area contributed by atoms with Gasteiger partial charge in [0.25, 0.3) is 0 Å². The Hall–Kier alpha value is -1.29. The highest BCUT2D eigenvalue weighted by atomic mass is 19.1. The third-order valence-electron chi connectivity index (χ3n) is 3.85. The second-order valence-corrected chi connectivity index (χ2v) is 6.20. The highest BCUT2D eigenvalue weighted by Gasteiger charge is 2.23. The van der Waals surface area contributed by atoms with E-state index in [0.29, 0.717) is 24.2 Å². The van der Waals surface area contributed by atoms with Crippen molar-refractivity contribution in [3.8, 4) is 5.75 Å². The van der Waals surface area contributed by atoms with Gasteiger partial charge in [-0.3, -0.25) is 0 Å². The Morgan fingerprint density at radius 3 is 2.90 bits per heavy atom. The number of halogens is 1. The first-order valence-corrected chi connectivity index (χ1v) is 7.98. The molecule has 0 radical (unpaired) electrons. The van der Waals surface area contributed by atoms with Crippen LogP contribution in [0.5, 0.6) is 5.75 Å². The van der Waals surface area contributed by atoms with E-state index in [1.807, 2.05) is 13.0 Å². The van der Waals surface area contributed by atoms with Crippen LogP contribution in [0, 0.1) is 17.7 Å². The lowest BCUT2D eigenvalue weighted by atomic mass is 10.1. The van der Waals surface area contributed by atoms with Crippen LogP contribution < -0.4 is 15.0 Å². The number of ether oxygens (including phenoxy) is 1. The molecule has 0 saturated carbocycles. The highest BCUT2D eigenvalue weighted by Crippen LogP contribution is 2.28. The second-order valence-electron chi connectivity index (χ2n) is 6.20. The Morgan fingerprint density at radius 1 is 1.43 bits per heavy atom. The molecule has 118 valence electrons. The summed E-state index contributed by atoms with van der Waals surface area (Å²) in [5, 5.41) is 3.52. The van der Waals surface area contributed by atoms with Crippen molar-refractivity contribution in [2.24, 2.45) is 11.8 Å². The Labute approximate surface area is 127 Å². The largest absolute Gasteiger partial charge is 0.491 e. The smallest absolute Gasteiger partial charge is 0.167 e. The maximum absolute atomic E-state index is 13.9. The first-order chi connectivity index (χ1) is 10.1. The van der Waals surface area contributed by atoms with Gasteiger partial charge in [-0.05, 0) is 50.4 Å². The summed E-state index contributed by atoms with van der Waals surface area (Å²) in [5.41, 5.74) is 0.960. The van der Waals surface area contributed by atoms with Gasteiger partial charge in [-0.1, -0.05) is 13.8 Å². The number of hydrogen-bond acceptors (Lipinski definition) is 3. The van der Waals surface area contributed by atoms with Crippen LogP contribution in [0.2, 0.25) is 0 Å². The lowest BCUT2D eigenvalue weighted by Gasteiger charge is -2.20. The molecule has 1 fully saturated rings. The molecule has 1 aliphatic rings. The molecule has 1 N–H and O–H groups in total. The summed E-state index contributed by atoms with van der Waals surface area (Å²) in [6, 6.07) is 5.28. The lowest BCUT2D eigenvalue weighted by molar-refractivity contribution is 0.321. The van der Waals surface area contributed by atoms with E-state index in [2.05, 4.69) is 24.1 Å². The molecule has 0 aromatic heterocycles. The molecule has 1 aromatic rings. The van der Waals surface area contributed by atoms with E-state index < -0.39 is 0 Å². The second kappa shape index (κ2) is 7.64. The minimum Gasteiger partial charge on any atom is -0.491 e. The average Bonchev–Trinajstić information content (AvgIpc) is 2.90. The zero-order valence-electron chi connectivity index (χ0n) is 13.4. The van der Waals surface area contributed by atoms with Crippen LogP contribution in [0.25, 0.3) is 0 Å². The van der Waals surface area contributed by atoms with E-state index in [9.17, 15) is 4.39 Å². The minimum atomic E-state index is -0.268. The predicted molar refractivity (Wildman–Crippen MR) is 85.6 cm³/mol. The Bertz CT molecular complexity index is 450. The molecular formula is C17H27FN2O. The normalized spacial score (nSPS) is 18.5. The molecular weight excluding hydrogens is 267 g/mol. The fraction of sp³-hybridized carbons (Fsp3) is 0.647. The van der Waals surface area contributed by atoms with E-state index in [1.54, 1.807) is 12.1 Å². The van der Waals surface area contributed by atoms with Crippen LogP contribution in [0.3, 0.4) is 0 Å². The summed E-state index contributed by atoms with van der Waals surface area (Å²) < 4.78 is 19.2. The minimum absolute atomic E-state index is 0.268. The first-order valence-electron chi connectivity index (χ1n) is 7.98. The van der Waals surface area contributed by atoms with Crippen LogP contribution in [0.1, 0.15) is 27.2 Å².